The molecule has 2 heteroatoms. The first kappa shape index (κ1) is 26.9. The summed E-state index contributed by atoms with van der Waals surface area (Å²) in [6, 6.07) is 0. The summed E-state index contributed by atoms with van der Waals surface area (Å²) in [6.45, 7) is 9.09. The van der Waals surface area contributed by atoms with Crippen molar-refractivity contribution >= 4 is 5.97 Å². The normalized spacial score (nSPS) is 13.4. The van der Waals surface area contributed by atoms with Gasteiger partial charge in [-0.2, -0.15) is 0 Å². The van der Waals surface area contributed by atoms with Gasteiger partial charge in [-0.25, -0.2) is 0 Å². The summed E-state index contributed by atoms with van der Waals surface area (Å²) in [5.41, 5.74) is 0.203. The van der Waals surface area contributed by atoms with Gasteiger partial charge in [0, 0.05) is 0 Å². The van der Waals surface area contributed by atoms with Crippen molar-refractivity contribution in [2.75, 3.05) is 6.61 Å². The average Bonchev–Trinajstić information content (AvgIpc) is 2.66. The molecule has 0 aliphatic heterocycles. The molecule has 0 aromatic carbocycles. The van der Waals surface area contributed by atoms with Gasteiger partial charge in [0.2, 0.25) is 0 Å². The molecule has 0 amide bonds. The van der Waals surface area contributed by atoms with E-state index in [1.165, 1.54) is 0 Å². The molecular weight excluding hydrogens is 356 g/mol. The third-order valence-corrected chi connectivity index (χ3v) is 4.00. The molecule has 162 valence electrons. The monoisotopic (exact) mass is 398 g/mol. The predicted octanol–water partition coefficient (Wildman–Crippen LogP) is 8.05. The minimum Gasteiger partial charge on any atom is -0.465 e. The number of rotatable bonds is 15. The van der Waals surface area contributed by atoms with Crippen LogP contribution in [0.3, 0.4) is 0 Å². The smallest absolute Gasteiger partial charge is 0.309 e. The third-order valence-electron chi connectivity index (χ3n) is 4.00. The lowest BCUT2D eigenvalue weighted by Crippen LogP contribution is -2.12. The Labute approximate surface area is 179 Å². The molecule has 0 unspecified atom stereocenters. The predicted molar refractivity (Wildman–Crippen MR) is 128 cm³/mol. The van der Waals surface area contributed by atoms with E-state index in [0.717, 1.165) is 44.9 Å². The van der Waals surface area contributed by atoms with Crippen LogP contribution in [0.4, 0.5) is 0 Å². The van der Waals surface area contributed by atoms with Crippen molar-refractivity contribution in [2.45, 2.75) is 79.1 Å². The fourth-order valence-corrected chi connectivity index (χ4v) is 2.23. The van der Waals surface area contributed by atoms with Crippen LogP contribution in [0.2, 0.25) is 0 Å². The molecule has 0 saturated carbocycles. The number of ether oxygens (including phenoxy) is 1. The topological polar surface area (TPSA) is 26.3 Å². The molecule has 0 radical (unpaired) electrons. The molecule has 0 saturated heterocycles. The van der Waals surface area contributed by atoms with Crippen LogP contribution in [0.15, 0.2) is 72.9 Å². The summed E-state index contributed by atoms with van der Waals surface area (Å²) in [7, 11) is 0. The molecule has 0 rings (SSSR count). The highest BCUT2D eigenvalue weighted by atomic mass is 16.5. The standard InChI is InChI=1S/C27H42O2/c1-5-6-7-8-9-10-11-12-13-14-15-16-17-18-19-20-21-22-23-26(28)29-25-24-27(2,3)4/h6-7,9-10,12-13,15-16,18-19,21-22H,5,8,11,14,17,20,23-25H2,1-4H3/b7-6-,10-9-,13-12-,16-15-,19-18-,22-21-. The molecule has 0 aliphatic rings. The van der Waals surface area contributed by atoms with Crippen LogP contribution in [0, 0.1) is 5.41 Å². The maximum Gasteiger partial charge on any atom is 0.309 e. The van der Waals surface area contributed by atoms with Crippen LogP contribution in [-0.4, -0.2) is 12.6 Å². The number of allylic oxidation sites excluding steroid dienone is 11. The number of hydrogen-bond acceptors (Lipinski definition) is 2. The second-order valence-corrected chi connectivity index (χ2v) is 8.15. The van der Waals surface area contributed by atoms with Gasteiger partial charge >= 0.3 is 5.97 Å². The van der Waals surface area contributed by atoms with Crippen molar-refractivity contribution in [3.8, 4) is 0 Å². The highest BCUT2D eigenvalue weighted by molar-refractivity contribution is 5.71. The van der Waals surface area contributed by atoms with Gasteiger partial charge in [0.1, 0.15) is 0 Å². The fourth-order valence-electron chi connectivity index (χ4n) is 2.23. The summed E-state index contributed by atoms with van der Waals surface area (Å²) in [4.78, 5) is 11.6. The lowest BCUT2D eigenvalue weighted by Gasteiger charge is -2.17. The van der Waals surface area contributed by atoms with Crippen LogP contribution in [0.1, 0.15) is 79.1 Å². The first-order valence-electron chi connectivity index (χ1n) is 11.0. The lowest BCUT2D eigenvalue weighted by molar-refractivity contribution is -0.143. The minimum atomic E-state index is -0.144. The Morgan fingerprint density at radius 3 is 1.41 bits per heavy atom. The molecule has 0 fully saturated rings. The zero-order chi connectivity index (χ0) is 21.6. The lowest BCUT2D eigenvalue weighted by atomic mass is 9.93. The van der Waals surface area contributed by atoms with E-state index in [4.69, 9.17) is 4.74 Å². The quantitative estimate of drug-likeness (QED) is 0.206. The molecule has 0 aromatic rings. The van der Waals surface area contributed by atoms with Crippen molar-refractivity contribution in [3.05, 3.63) is 72.9 Å². The van der Waals surface area contributed by atoms with Gasteiger partial charge in [0.05, 0.1) is 13.0 Å². The summed E-state index contributed by atoms with van der Waals surface area (Å²) in [6.07, 6.45) is 33.0. The SMILES string of the molecule is CC/C=C\C/C=C\C/C=C\C/C=C\C/C=C\C/C=C\CC(=O)OCCC(C)(C)C. The Hall–Kier alpha value is -2.09. The molecule has 0 spiro atoms. The van der Waals surface area contributed by atoms with Gasteiger partial charge in [0.15, 0.2) is 0 Å². The van der Waals surface area contributed by atoms with Crippen LogP contribution in [-0.2, 0) is 9.53 Å². The second-order valence-electron chi connectivity index (χ2n) is 8.15. The van der Waals surface area contributed by atoms with Crippen molar-refractivity contribution in [1.29, 1.82) is 0 Å². The highest BCUT2D eigenvalue weighted by Crippen LogP contribution is 2.17. The summed E-state index contributed by atoms with van der Waals surface area (Å²) in [5.74, 6) is -0.144. The van der Waals surface area contributed by atoms with E-state index in [1.54, 1.807) is 0 Å². The zero-order valence-corrected chi connectivity index (χ0v) is 19.1. The van der Waals surface area contributed by atoms with Crippen LogP contribution < -0.4 is 0 Å². The Morgan fingerprint density at radius 2 is 1.03 bits per heavy atom. The van der Waals surface area contributed by atoms with Crippen LogP contribution in [0.5, 0.6) is 0 Å². The van der Waals surface area contributed by atoms with Gasteiger partial charge < -0.3 is 4.74 Å². The third kappa shape index (κ3) is 23.9. The molecule has 0 aromatic heterocycles. The van der Waals surface area contributed by atoms with E-state index in [0.29, 0.717) is 13.0 Å². The Morgan fingerprint density at radius 1 is 0.655 bits per heavy atom. The number of hydrogen-bond donors (Lipinski definition) is 0. The van der Waals surface area contributed by atoms with Gasteiger partial charge in [0.25, 0.3) is 0 Å². The van der Waals surface area contributed by atoms with Crippen molar-refractivity contribution in [3.63, 3.8) is 0 Å². The van der Waals surface area contributed by atoms with E-state index in [2.05, 4.69) is 88.5 Å². The number of esters is 1. The molecule has 0 heterocycles. The molecule has 0 bridgehead atoms. The number of carbonyl (C=O) groups excluding carboxylic acids is 1. The molecular formula is C27H42O2. The molecule has 0 N–H and O–H groups in total. The Kier molecular flexibility index (Phi) is 17.8. The Balaban J connectivity index is 3.63. The van der Waals surface area contributed by atoms with E-state index in [9.17, 15) is 4.79 Å². The Bertz CT molecular complexity index is 566. The van der Waals surface area contributed by atoms with Crippen LogP contribution >= 0.6 is 0 Å². The second kappa shape index (κ2) is 19.2. The zero-order valence-electron chi connectivity index (χ0n) is 19.1. The number of carbonyl (C=O) groups is 1. The maximum absolute atomic E-state index is 11.6. The first-order valence-corrected chi connectivity index (χ1v) is 11.0. The van der Waals surface area contributed by atoms with Gasteiger partial charge in [-0.15, -0.1) is 0 Å². The molecule has 0 aliphatic carbocycles. The van der Waals surface area contributed by atoms with E-state index >= 15 is 0 Å². The van der Waals surface area contributed by atoms with E-state index in [1.807, 2.05) is 12.2 Å². The molecule has 0 atom stereocenters. The summed E-state index contributed by atoms with van der Waals surface area (Å²) < 4.78 is 5.22. The molecule has 2 nitrogen and oxygen atoms in total. The van der Waals surface area contributed by atoms with Gasteiger partial charge in [-0.05, 0) is 50.4 Å². The minimum absolute atomic E-state index is 0.144. The summed E-state index contributed by atoms with van der Waals surface area (Å²) >= 11 is 0. The van der Waals surface area contributed by atoms with Gasteiger partial charge in [-0.3, -0.25) is 4.79 Å². The van der Waals surface area contributed by atoms with E-state index < -0.39 is 0 Å². The fraction of sp³-hybridized carbons (Fsp3) is 0.519. The van der Waals surface area contributed by atoms with Crippen molar-refractivity contribution in [2.24, 2.45) is 5.41 Å². The molecule has 29 heavy (non-hydrogen) atoms. The van der Waals surface area contributed by atoms with Crippen LogP contribution in [0.25, 0.3) is 0 Å². The van der Waals surface area contributed by atoms with E-state index in [-0.39, 0.29) is 11.4 Å². The first-order chi connectivity index (χ1) is 14.0. The largest absolute Gasteiger partial charge is 0.465 e. The maximum atomic E-state index is 11.6. The van der Waals surface area contributed by atoms with Crippen molar-refractivity contribution in [1.82, 2.24) is 0 Å². The average molecular weight is 399 g/mol. The van der Waals surface area contributed by atoms with Gasteiger partial charge in [-0.1, -0.05) is 101 Å². The van der Waals surface area contributed by atoms with Crippen molar-refractivity contribution < 1.29 is 9.53 Å². The summed E-state index contributed by atoms with van der Waals surface area (Å²) in [5, 5.41) is 0. The highest BCUT2D eigenvalue weighted by Gasteiger charge is 2.10.